The summed E-state index contributed by atoms with van der Waals surface area (Å²) in [5, 5.41) is 0.705. The number of carbonyl (C=O) groups is 2. The van der Waals surface area contributed by atoms with Crippen molar-refractivity contribution < 1.29 is 9.59 Å². The zero-order chi connectivity index (χ0) is 20.8. The molecular formula is C25H19NO2S2. The number of nitrogens with zero attached hydrogens (tertiary/aromatic N) is 1. The minimum absolute atomic E-state index is 0.0950. The summed E-state index contributed by atoms with van der Waals surface area (Å²) in [6.07, 6.45) is 4.40. The smallest absolute Gasteiger partial charge is 0.206 e. The molecule has 0 amide bonds. The minimum Gasteiger partial charge on any atom is -0.290 e. The topological polar surface area (TPSA) is 47.0 Å². The van der Waals surface area contributed by atoms with E-state index in [1.807, 2.05) is 78.9 Å². The van der Waals surface area contributed by atoms with Crippen LogP contribution in [0.1, 0.15) is 12.0 Å². The molecule has 1 aromatic heterocycles. The van der Waals surface area contributed by atoms with Crippen LogP contribution in [-0.4, -0.2) is 16.6 Å². The Morgan fingerprint density at radius 1 is 0.733 bits per heavy atom. The highest BCUT2D eigenvalue weighted by Crippen LogP contribution is 2.39. The summed E-state index contributed by atoms with van der Waals surface area (Å²) in [6.45, 7) is 0. The highest BCUT2D eigenvalue weighted by Gasteiger charge is 2.30. The van der Waals surface area contributed by atoms with Crippen molar-refractivity contribution in [2.24, 2.45) is 0 Å². The number of ketones is 2. The van der Waals surface area contributed by atoms with Gasteiger partial charge in [-0.1, -0.05) is 78.1 Å². The standard InChI is InChI=1S/C25H19NO2S2/c27-21-17-22(29-19-11-5-2-6-12-19)24(28)25(30-23-13-7-8-16-26-23)20(21)15-14-18-9-3-1-4-10-18/h1-13,16-17H,14-15H2. The van der Waals surface area contributed by atoms with Crippen molar-refractivity contribution in [3.8, 4) is 0 Å². The molecular weight excluding hydrogens is 410 g/mol. The normalized spacial score (nSPS) is 14.1. The number of allylic oxidation sites excluding steroid dienone is 4. The van der Waals surface area contributed by atoms with Crippen molar-refractivity contribution >= 4 is 35.1 Å². The molecule has 30 heavy (non-hydrogen) atoms. The monoisotopic (exact) mass is 429 g/mol. The second-order valence-corrected chi connectivity index (χ2v) is 8.83. The van der Waals surface area contributed by atoms with Crippen LogP contribution in [-0.2, 0) is 16.0 Å². The van der Waals surface area contributed by atoms with Gasteiger partial charge in [-0.2, -0.15) is 0 Å². The Labute approximate surface area is 184 Å². The van der Waals surface area contributed by atoms with Crippen molar-refractivity contribution in [1.82, 2.24) is 4.98 Å². The average Bonchev–Trinajstić information content (AvgIpc) is 2.79. The molecule has 0 saturated heterocycles. The molecule has 0 bridgehead atoms. The molecule has 0 aliphatic heterocycles. The van der Waals surface area contributed by atoms with Gasteiger partial charge in [-0.05, 0) is 42.7 Å². The number of aromatic nitrogens is 1. The zero-order valence-electron chi connectivity index (χ0n) is 16.2. The molecule has 0 fully saturated rings. The number of rotatable bonds is 7. The van der Waals surface area contributed by atoms with E-state index in [1.165, 1.54) is 29.6 Å². The third-order valence-electron chi connectivity index (χ3n) is 4.59. The number of benzene rings is 2. The summed E-state index contributed by atoms with van der Waals surface area (Å²) in [5.74, 6) is -0.204. The minimum atomic E-state index is -0.109. The number of carbonyl (C=O) groups excluding carboxylic acids is 2. The summed E-state index contributed by atoms with van der Waals surface area (Å²) < 4.78 is 0. The molecule has 3 aromatic rings. The van der Waals surface area contributed by atoms with Gasteiger partial charge in [0.1, 0.15) is 5.03 Å². The number of hydrogen-bond donors (Lipinski definition) is 0. The van der Waals surface area contributed by atoms with Gasteiger partial charge in [-0.15, -0.1) is 0 Å². The van der Waals surface area contributed by atoms with Gasteiger partial charge in [0, 0.05) is 22.7 Å². The maximum absolute atomic E-state index is 13.4. The van der Waals surface area contributed by atoms with E-state index in [1.54, 1.807) is 6.20 Å². The predicted molar refractivity (Wildman–Crippen MR) is 122 cm³/mol. The highest BCUT2D eigenvalue weighted by molar-refractivity contribution is 8.06. The molecule has 0 spiro atoms. The fourth-order valence-corrected chi connectivity index (χ4v) is 5.06. The van der Waals surface area contributed by atoms with E-state index in [2.05, 4.69) is 4.98 Å². The lowest BCUT2D eigenvalue weighted by atomic mass is 9.96. The Morgan fingerprint density at radius 3 is 2.13 bits per heavy atom. The Hall–Kier alpha value is -2.89. The van der Waals surface area contributed by atoms with Crippen molar-refractivity contribution in [1.29, 1.82) is 0 Å². The number of aryl methyl sites for hydroxylation is 1. The molecule has 5 heteroatoms. The van der Waals surface area contributed by atoms with Crippen molar-refractivity contribution in [3.05, 3.63) is 112 Å². The fourth-order valence-electron chi connectivity index (χ4n) is 3.09. The van der Waals surface area contributed by atoms with E-state index in [0.29, 0.717) is 33.3 Å². The van der Waals surface area contributed by atoms with Crippen LogP contribution in [0.4, 0.5) is 0 Å². The molecule has 1 aliphatic rings. The van der Waals surface area contributed by atoms with Gasteiger partial charge in [0.05, 0.1) is 9.81 Å². The molecule has 148 valence electrons. The Balaban J connectivity index is 1.63. The Morgan fingerprint density at radius 2 is 1.43 bits per heavy atom. The lowest BCUT2D eigenvalue weighted by Gasteiger charge is -2.18. The molecule has 2 aromatic carbocycles. The van der Waals surface area contributed by atoms with Crippen molar-refractivity contribution in [3.63, 3.8) is 0 Å². The van der Waals surface area contributed by atoms with Gasteiger partial charge < -0.3 is 0 Å². The highest BCUT2D eigenvalue weighted by atomic mass is 32.2. The van der Waals surface area contributed by atoms with E-state index in [0.717, 1.165) is 10.5 Å². The first-order valence-electron chi connectivity index (χ1n) is 9.60. The summed E-state index contributed by atoms with van der Waals surface area (Å²) >= 11 is 2.61. The van der Waals surface area contributed by atoms with Crippen LogP contribution in [0.25, 0.3) is 0 Å². The molecule has 0 atom stereocenters. The number of thioether (sulfide) groups is 2. The van der Waals surface area contributed by atoms with E-state index >= 15 is 0 Å². The second kappa shape index (κ2) is 9.74. The fraction of sp³-hybridized carbons (Fsp3) is 0.0800. The van der Waals surface area contributed by atoms with Crippen LogP contribution in [0.3, 0.4) is 0 Å². The molecule has 3 nitrogen and oxygen atoms in total. The summed E-state index contributed by atoms with van der Waals surface area (Å²) in [4.78, 5) is 32.6. The molecule has 0 N–H and O–H groups in total. The van der Waals surface area contributed by atoms with Gasteiger partial charge in [-0.25, -0.2) is 4.98 Å². The zero-order valence-corrected chi connectivity index (χ0v) is 17.8. The molecule has 1 heterocycles. The first-order valence-corrected chi connectivity index (χ1v) is 11.2. The lowest BCUT2D eigenvalue weighted by Crippen LogP contribution is -2.17. The number of pyridine rings is 1. The number of hydrogen-bond acceptors (Lipinski definition) is 5. The van der Waals surface area contributed by atoms with Crippen LogP contribution in [0.2, 0.25) is 0 Å². The van der Waals surface area contributed by atoms with Crippen LogP contribution in [0.5, 0.6) is 0 Å². The van der Waals surface area contributed by atoms with E-state index in [4.69, 9.17) is 0 Å². The van der Waals surface area contributed by atoms with Gasteiger partial charge >= 0.3 is 0 Å². The van der Waals surface area contributed by atoms with Gasteiger partial charge in [0.15, 0.2) is 5.78 Å². The SMILES string of the molecule is O=C1C=C(Sc2ccccc2)C(=O)C(Sc2ccccn2)=C1CCc1ccccc1. The Kier molecular flexibility index (Phi) is 6.62. The molecule has 0 saturated carbocycles. The molecule has 0 unspecified atom stereocenters. The summed E-state index contributed by atoms with van der Waals surface area (Å²) in [5.41, 5.74) is 1.71. The third kappa shape index (κ3) is 4.99. The van der Waals surface area contributed by atoms with Crippen LogP contribution in [0, 0.1) is 0 Å². The van der Waals surface area contributed by atoms with Gasteiger partial charge in [0.25, 0.3) is 0 Å². The quantitative estimate of drug-likeness (QED) is 0.438. The van der Waals surface area contributed by atoms with Crippen LogP contribution >= 0.6 is 23.5 Å². The number of Topliss-reactive ketones (excluding diaryl/α,β-unsaturated/α-hetero) is 1. The van der Waals surface area contributed by atoms with Gasteiger partial charge in [0.2, 0.25) is 5.78 Å². The van der Waals surface area contributed by atoms with Crippen LogP contribution in [0.15, 0.2) is 116 Å². The first kappa shape index (κ1) is 20.4. The summed E-state index contributed by atoms with van der Waals surface area (Å²) in [6, 6.07) is 25.2. The predicted octanol–water partition coefficient (Wildman–Crippen LogP) is 5.89. The van der Waals surface area contributed by atoms with Crippen molar-refractivity contribution in [2.75, 3.05) is 0 Å². The van der Waals surface area contributed by atoms with E-state index in [9.17, 15) is 9.59 Å². The van der Waals surface area contributed by atoms with Gasteiger partial charge in [-0.3, -0.25) is 9.59 Å². The van der Waals surface area contributed by atoms with Crippen LogP contribution < -0.4 is 0 Å². The maximum Gasteiger partial charge on any atom is 0.206 e. The first-order chi connectivity index (χ1) is 14.7. The molecule has 0 radical (unpaired) electrons. The van der Waals surface area contributed by atoms with E-state index < -0.39 is 0 Å². The largest absolute Gasteiger partial charge is 0.290 e. The third-order valence-corrected chi connectivity index (χ3v) is 6.70. The molecule has 4 rings (SSSR count). The maximum atomic E-state index is 13.4. The van der Waals surface area contributed by atoms with E-state index in [-0.39, 0.29) is 11.6 Å². The summed E-state index contributed by atoms with van der Waals surface area (Å²) in [7, 11) is 0. The average molecular weight is 430 g/mol. The lowest BCUT2D eigenvalue weighted by molar-refractivity contribution is -0.115. The van der Waals surface area contributed by atoms with Crippen molar-refractivity contribution in [2.45, 2.75) is 22.8 Å². The Bertz CT molecular complexity index is 1110. The molecule has 1 aliphatic carbocycles. The second-order valence-electron chi connectivity index (χ2n) is 6.68.